The van der Waals surface area contributed by atoms with Crippen molar-refractivity contribution in [3.63, 3.8) is 0 Å². The first-order valence-corrected chi connectivity index (χ1v) is 11.3. The van der Waals surface area contributed by atoms with Gasteiger partial charge in [0.25, 0.3) is 0 Å². The van der Waals surface area contributed by atoms with Crippen molar-refractivity contribution in [2.24, 2.45) is 17.8 Å². The van der Waals surface area contributed by atoms with Gasteiger partial charge in [-0.3, -0.25) is 4.79 Å². The van der Waals surface area contributed by atoms with Crippen molar-refractivity contribution in [3.8, 4) is 0 Å². The van der Waals surface area contributed by atoms with Gasteiger partial charge in [-0.1, -0.05) is 34.9 Å². The summed E-state index contributed by atoms with van der Waals surface area (Å²) in [7, 11) is 0. The van der Waals surface area contributed by atoms with Gasteiger partial charge in [0.05, 0.1) is 5.25 Å². The summed E-state index contributed by atoms with van der Waals surface area (Å²) in [6, 6.07) is 0. The van der Waals surface area contributed by atoms with Crippen molar-refractivity contribution in [3.05, 3.63) is 0 Å². The Morgan fingerprint density at radius 2 is 1.74 bits per heavy atom. The molecule has 4 saturated carbocycles. The predicted molar refractivity (Wildman–Crippen MR) is 96.1 cm³/mol. The first-order valence-electron chi connectivity index (χ1n) is 8.41. The van der Waals surface area contributed by atoms with E-state index in [-0.39, 0.29) is 16.7 Å². The Balaban J connectivity index is 1.39. The molecule has 1 aromatic heterocycles. The third-order valence-electron chi connectivity index (χ3n) is 5.64. The number of carbonyl (C=O) groups excluding carboxylic acids is 1. The predicted octanol–water partition coefficient (Wildman–Crippen LogP) is 3.83. The van der Waals surface area contributed by atoms with Crippen LogP contribution >= 0.6 is 34.9 Å². The second-order valence-corrected chi connectivity index (χ2v) is 11.1. The molecule has 4 nitrogen and oxygen atoms in total. The normalized spacial score (nSPS) is 36.2. The molecule has 1 atom stereocenters. The number of amides is 1. The van der Waals surface area contributed by atoms with Gasteiger partial charge in [0.2, 0.25) is 5.91 Å². The summed E-state index contributed by atoms with van der Waals surface area (Å²) in [5, 5.41) is 11.6. The number of hydrogen-bond acceptors (Lipinski definition) is 6. The van der Waals surface area contributed by atoms with Gasteiger partial charge in [0.15, 0.2) is 8.68 Å². The molecule has 4 fully saturated rings. The van der Waals surface area contributed by atoms with E-state index < -0.39 is 0 Å². The average Bonchev–Trinajstić information content (AvgIpc) is 2.92. The molecular formula is C16H23N3OS3. The molecule has 1 aromatic rings. The van der Waals surface area contributed by atoms with Gasteiger partial charge >= 0.3 is 0 Å². The fraction of sp³-hybridized carbons (Fsp3) is 0.812. The maximum Gasteiger partial charge on any atom is 0.233 e. The molecule has 1 amide bonds. The Labute approximate surface area is 150 Å². The SMILES string of the molecule is CSc1nnc(SC(C)C(=O)NC23CC4CC(CC(C4)C2)C3)s1. The molecule has 0 aliphatic heterocycles. The van der Waals surface area contributed by atoms with Crippen LogP contribution in [0.1, 0.15) is 45.4 Å². The first kappa shape index (κ1) is 16.2. The molecule has 4 aliphatic rings. The van der Waals surface area contributed by atoms with Crippen LogP contribution in [0.5, 0.6) is 0 Å². The Morgan fingerprint density at radius 1 is 1.17 bits per heavy atom. The molecule has 1 N–H and O–H groups in total. The van der Waals surface area contributed by atoms with E-state index in [4.69, 9.17) is 0 Å². The van der Waals surface area contributed by atoms with Crippen LogP contribution in [-0.4, -0.2) is 33.1 Å². The standard InChI is InChI=1S/C16H23N3OS3/c1-9(22-15-19-18-14(21-2)23-15)13(20)17-16-6-10-3-11(7-16)5-12(4-10)8-16/h9-12H,3-8H2,1-2H3,(H,17,20). The largest absolute Gasteiger partial charge is 0.350 e. The van der Waals surface area contributed by atoms with Gasteiger partial charge in [0.1, 0.15) is 0 Å². The molecule has 0 aromatic carbocycles. The van der Waals surface area contributed by atoms with Crippen LogP contribution < -0.4 is 5.32 Å². The Morgan fingerprint density at radius 3 is 2.26 bits per heavy atom. The average molecular weight is 370 g/mol. The highest BCUT2D eigenvalue weighted by Gasteiger charge is 2.51. The topological polar surface area (TPSA) is 54.9 Å². The maximum absolute atomic E-state index is 12.7. The molecule has 4 bridgehead atoms. The molecule has 0 saturated heterocycles. The number of aromatic nitrogens is 2. The summed E-state index contributed by atoms with van der Waals surface area (Å²) < 4.78 is 1.85. The minimum atomic E-state index is -0.106. The van der Waals surface area contributed by atoms with Gasteiger partial charge in [-0.05, 0) is 69.5 Å². The highest BCUT2D eigenvalue weighted by atomic mass is 32.2. The third kappa shape index (κ3) is 3.29. The summed E-state index contributed by atoms with van der Waals surface area (Å²) in [6.07, 6.45) is 9.83. The van der Waals surface area contributed by atoms with E-state index in [0.29, 0.717) is 0 Å². The van der Waals surface area contributed by atoms with Crippen LogP contribution in [0.3, 0.4) is 0 Å². The minimum Gasteiger partial charge on any atom is -0.350 e. The lowest BCUT2D eigenvalue weighted by Crippen LogP contribution is -2.60. The molecule has 1 unspecified atom stereocenters. The van der Waals surface area contributed by atoms with E-state index in [1.165, 1.54) is 50.3 Å². The van der Waals surface area contributed by atoms with Crippen LogP contribution in [0.2, 0.25) is 0 Å². The number of rotatable bonds is 5. The molecule has 0 radical (unpaired) electrons. The van der Waals surface area contributed by atoms with Crippen LogP contribution in [0.25, 0.3) is 0 Å². The van der Waals surface area contributed by atoms with E-state index in [9.17, 15) is 4.79 Å². The molecule has 23 heavy (non-hydrogen) atoms. The summed E-state index contributed by atoms with van der Waals surface area (Å²) >= 11 is 4.71. The quantitative estimate of drug-likeness (QED) is 0.800. The first-order chi connectivity index (χ1) is 11.0. The zero-order valence-corrected chi connectivity index (χ0v) is 16.0. The highest BCUT2D eigenvalue weighted by Crippen LogP contribution is 2.55. The highest BCUT2D eigenvalue weighted by molar-refractivity contribution is 8.03. The van der Waals surface area contributed by atoms with E-state index in [2.05, 4.69) is 15.5 Å². The van der Waals surface area contributed by atoms with Crippen molar-refractivity contribution in [2.75, 3.05) is 6.26 Å². The third-order valence-corrected chi connectivity index (χ3v) is 8.72. The molecule has 4 aliphatic carbocycles. The van der Waals surface area contributed by atoms with E-state index in [1.54, 1.807) is 23.1 Å². The zero-order chi connectivity index (χ0) is 16.0. The smallest absolute Gasteiger partial charge is 0.233 e. The lowest BCUT2D eigenvalue weighted by Gasteiger charge is -2.57. The monoisotopic (exact) mass is 369 g/mol. The lowest BCUT2D eigenvalue weighted by atomic mass is 9.53. The van der Waals surface area contributed by atoms with Crippen molar-refractivity contribution < 1.29 is 4.79 Å². The van der Waals surface area contributed by atoms with E-state index in [0.717, 1.165) is 26.4 Å². The van der Waals surface area contributed by atoms with E-state index >= 15 is 0 Å². The molecule has 1 heterocycles. The van der Waals surface area contributed by atoms with Crippen molar-refractivity contribution in [2.45, 2.75) is 64.9 Å². The summed E-state index contributed by atoms with van der Waals surface area (Å²) in [5.41, 5.74) is 0.103. The number of nitrogens with one attached hydrogen (secondary N) is 1. The maximum atomic E-state index is 12.7. The Hall–Kier alpha value is -0.270. The van der Waals surface area contributed by atoms with Gasteiger partial charge in [-0.2, -0.15) is 0 Å². The van der Waals surface area contributed by atoms with Gasteiger partial charge in [-0.15, -0.1) is 10.2 Å². The van der Waals surface area contributed by atoms with Crippen molar-refractivity contribution in [1.82, 2.24) is 15.5 Å². The Kier molecular flexibility index (Phi) is 4.39. The van der Waals surface area contributed by atoms with Crippen LogP contribution in [0, 0.1) is 17.8 Å². The molecule has 5 rings (SSSR count). The van der Waals surface area contributed by atoms with Gasteiger partial charge < -0.3 is 5.32 Å². The van der Waals surface area contributed by atoms with E-state index in [1.807, 2.05) is 13.2 Å². The van der Waals surface area contributed by atoms with Crippen molar-refractivity contribution in [1.29, 1.82) is 0 Å². The Bertz CT molecular complexity index is 568. The van der Waals surface area contributed by atoms with Crippen LogP contribution in [-0.2, 0) is 4.79 Å². The molecule has 7 heteroatoms. The van der Waals surface area contributed by atoms with Crippen LogP contribution in [0.15, 0.2) is 8.68 Å². The summed E-state index contributed by atoms with van der Waals surface area (Å²) in [6.45, 7) is 1.99. The second kappa shape index (κ2) is 6.23. The van der Waals surface area contributed by atoms with Gasteiger partial charge in [0, 0.05) is 5.54 Å². The summed E-state index contributed by atoms with van der Waals surface area (Å²) in [4.78, 5) is 12.7. The fourth-order valence-corrected chi connectivity index (χ4v) is 7.74. The zero-order valence-electron chi connectivity index (χ0n) is 13.6. The molecule has 126 valence electrons. The van der Waals surface area contributed by atoms with Crippen LogP contribution in [0.4, 0.5) is 0 Å². The lowest BCUT2D eigenvalue weighted by molar-refractivity contribution is -0.126. The van der Waals surface area contributed by atoms with Gasteiger partial charge in [-0.25, -0.2) is 0 Å². The summed E-state index contributed by atoms with van der Waals surface area (Å²) in [5.74, 6) is 2.75. The number of thioether (sulfide) groups is 2. The second-order valence-electron chi connectivity index (χ2n) is 7.49. The molecular weight excluding hydrogens is 346 g/mol. The minimum absolute atomic E-state index is 0.103. The fourth-order valence-electron chi connectivity index (χ4n) is 5.16. The molecule has 0 spiro atoms. The number of carbonyl (C=O) groups is 1. The number of hydrogen-bond donors (Lipinski definition) is 1. The number of nitrogens with zero attached hydrogens (tertiary/aromatic N) is 2. The van der Waals surface area contributed by atoms with Crippen molar-refractivity contribution >= 4 is 40.8 Å².